The average Bonchev–Trinajstić information content (AvgIpc) is 2.78. The molecule has 2 aromatic rings. The van der Waals surface area contributed by atoms with Crippen LogP contribution in [-0.2, 0) is 11.2 Å². The van der Waals surface area contributed by atoms with Crippen LogP contribution in [0.4, 0.5) is 5.69 Å². The second kappa shape index (κ2) is 10.7. The fourth-order valence-electron chi connectivity index (χ4n) is 3.54. The summed E-state index contributed by atoms with van der Waals surface area (Å²) in [7, 11) is 3.35. The van der Waals surface area contributed by atoms with Crippen LogP contribution in [0.15, 0.2) is 48.5 Å². The van der Waals surface area contributed by atoms with Crippen molar-refractivity contribution in [3.63, 3.8) is 0 Å². The van der Waals surface area contributed by atoms with Gasteiger partial charge in [0.05, 0.1) is 14.2 Å². The standard InChI is InChI=1S/C23H31N3O3/c1-28-21-8-6-20(7-9-21)26-16-14-25(15-17-26)13-11-23(27)24-12-10-19-4-3-5-22(18-19)29-2/h3-9,18H,10-17H2,1-2H3,(H,24,27). The molecule has 0 atom stereocenters. The lowest BCUT2D eigenvalue weighted by atomic mass is 10.1. The third-order valence-corrected chi connectivity index (χ3v) is 5.33. The van der Waals surface area contributed by atoms with Gasteiger partial charge in [-0.25, -0.2) is 0 Å². The lowest BCUT2D eigenvalue weighted by Gasteiger charge is -2.36. The number of nitrogens with zero attached hydrogens (tertiary/aromatic N) is 2. The molecule has 1 amide bonds. The van der Waals surface area contributed by atoms with Crippen molar-refractivity contribution >= 4 is 11.6 Å². The van der Waals surface area contributed by atoms with Gasteiger partial charge in [-0.1, -0.05) is 12.1 Å². The highest BCUT2D eigenvalue weighted by Gasteiger charge is 2.17. The number of hydrogen-bond acceptors (Lipinski definition) is 5. The van der Waals surface area contributed by atoms with Gasteiger partial charge >= 0.3 is 0 Å². The topological polar surface area (TPSA) is 54.0 Å². The van der Waals surface area contributed by atoms with Crippen molar-refractivity contribution in [1.29, 1.82) is 0 Å². The molecule has 3 rings (SSSR count). The van der Waals surface area contributed by atoms with E-state index in [0.29, 0.717) is 13.0 Å². The van der Waals surface area contributed by atoms with E-state index in [1.807, 2.05) is 30.3 Å². The van der Waals surface area contributed by atoms with Crippen molar-refractivity contribution in [2.75, 3.05) is 58.4 Å². The van der Waals surface area contributed by atoms with E-state index in [9.17, 15) is 4.79 Å². The quantitative estimate of drug-likeness (QED) is 0.705. The first-order chi connectivity index (χ1) is 14.2. The summed E-state index contributed by atoms with van der Waals surface area (Å²) >= 11 is 0. The van der Waals surface area contributed by atoms with Crippen LogP contribution < -0.4 is 19.7 Å². The Labute approximate surface area is 173 Å². The second-order valence-corrected chi connectivity index (χ2v) is 7.23. The zero-order chi connectivity index (χ0) is 20.5. The molecule has 0 saturated carbocycles. The lowest BCUT2D eigenvalue weighted by Crippen LogP contribution is -2.47. The second-order valence-electron chi connectivity index (χ2n) is 7.23. The van der Waals surface area contributed by atoms with Crippen LogP contribution in [0.2, 0.25) is 0 Å². The van der Waals surface area contributed by atoms with E-state index in [-0.39, 0.29) is 5.91 Å². The van der Waals surface area contributed by atoms with Gasteiger partial charge in [0.1, 0.15) is 11.5 Å². The molecule has 6 heteroatoms. The zero-order valence-corrected chi connectivity index (χ0v) is 17.4. The molecule has 0 aliphatic carbocycles. The summed E-state index contributed by atoms with van der Waals surface area (Å²) in [5.41, 5.74) is 2.39. The third kappa shape index (κ3) is 6.39. The molecule has 0 spiro atoms. The van der Waals surface area contributed by atoms with E-state index in [0.717, 1.165) is 50.6 Å². The summed E-state index contributed by atoms with van der Waals surface area (Å²) < 4.78 is 10.5. The predicted molar refractivity (Wildman–Crippen MR) is 116 cm³/mol. The zero-order valence-electron chi connectivity index (χ0n) is 17.4. The molecule has 0 bridgehead atoms. The molecule has 2 aromatic carbocycles. The Bertz CT molecular complexity index is 771. The van der Waals surface area contributed by atoms with Crippen LogP contribution in [0.1, 0.15) is 12.0 Å². The number of nitrogens with one attached hydrogen (secondary N) is 1. The van der Waals surface area contributed by atoms with Crippen LogP contribution in [0.25, 0.3) is 0 Å². The molecule has 29 heavy (non-hydrogen) atoms. The fourth-order valence-corrected chi connectivity index (χ4v) is 3.54. The first-order valence-electron chi connectivity index (χ1n) is 10.2. The van der Waals surface area contributed by atoms with Crippen LogP contribution >= 0.6 is 0 Å². The highest BCUT2D eigenvalue weighted by molar-refractivity contribution is 5.76. The van der Waals surface area contributed by atoms with Gasteiger partial charge in [0.15, 0.2) is 0 Å². The molecular weight excluding hydrogens is 366 g/mol. The third-order valence-electron chi connectivity index (χ3n) is 5.33. The molecule has 0 unspecified atom stereocenters. The van der Waals surface area contributed by atoms with Gasteiger partial charge in [-0.2, -0.15) is 0 Å². The largest absolute Gasteiger partial charge is 0.497 e. The number of methoxy groups -OCH3 is 2. The van der Waals surface area contributed by atoms with Crippen molar-refractivity contribution in [2.24, 2.45) is 0 Å². The highest BCUT2D eigenvalue weighted by atomic mass is 16.5. The Kier molecular flexibility index (Phi) is 7.76. The number of carbonyl (C=O) groups excluding carboxylic acids is 1. The normalized spacial score (nSPS) is 14.5. The number of rotatable bonds is 9. The van der Waals surface area contributed by atoms with Crippen molar-refractivity contribution in [1.82, 2.24) is 10.2 Å². The summed E-state index contributed by atoms with van der Waals surface area (Å²) in [5.74, 6) is 1.85. The maximum atomic E-state index is 12.2. The number of anilines is 1. The Balaban J connectivity index is 1.32. The molecular formula is C23H31N3O3. The van der Waals surface area contributed by atoms with Crippen molar-refractivity contribution in [3.8, 4) is 11.5 Å². The molecule has 156 valence electrons. The number of benzene rings is 2. The number of ether oxygens (including phenoxy) is 2. The van der Waals surface area contributed by atoms with Gasteiger partial charge in [0, 0.05) is 51.4 Å². The smallest absolute Gasteiger partial charge is 0.221 e. The van der Waals surface area contributed by atoms with E-state index < -0.39 is 0 Å². The molecule has 1 saturated heterocycles. The maximum absolute atomic E-state index is 12.2. The summed E-state index contributed by atoms with van der Waals surface area (Å²) in [6, 6.07) is 16.2. The number of hydrogen-bond donors (Lipinski definition) is 1. The summed E-state index contributed by atoms with van der Waals surface area (Å²) in [6.07, 6.45) is 1.35. The average molecular weight is 398 g/mol. The van der Waals surface area contributed by atoms with Crippen LogP contribution in [0, 0.1) is 0 Å². The first-order valence-corrected chi connectivity index (χ1v) is 10.2. The molecule has 6 nitrogen and oxygen atoms in total. The summed E-state index contributed by atoms with van der Waals surface area (Å²) in [5, 5.41) is 3.02. The predicted octanol–water partition coefficient (Wildman–Crippen LogP) is 2.57. The van der Waals surface area contributed by atoms with Gasteiger partial charge in [0.2, 0.25) is 5.91 Å². The lowest BCUT2D eigenvalue weighted by molar-refractivity contribution is -0.121. The van der Waals surface area contributed by atoms with Gasteiger partial charge in [-0.3, -0.25) is 9.69 Å². The van der Waals surface area contributed by atoms with Crippen LogP contribution in [-0.4, -0.2) is 64.3 Å². The Hall–Kier alpha value is -2.73. The minimum Gasteiger partial charge on any atom is -0.497 e. The van der Waals surface area contributed by atoms with E-state index in [4.69, 9.17) is 9.47 Å². The van der Waals surface area contributed by atoms with Crippen LogP contribution in [0.3, 0.4) is 0 Å². The molecule has 1 N–H and O–H groups in total. The molecule has 1 heterocycles. The van der Waals surface area contributed by atoms with E-state index >= 15 is 0 Å². The Morgan fingerprint density at radius 1 is 0.966 bits per heavy atom. The van der Waals surface area contributed by atoms with Crippen molar-refractivity contribution < 1.29 is 14.3 Å². The van der Waals surface area contributed by atoms with Gasteiger partial charge < -0.3 is 19.7 Å². The van der Waals surface area contributed by atoms with Crippen molar-refractivity contribution in [2.45, 2.75) is 12.8 Å². The molecule has 1 fully saturated rings. The Morgan fingerprint density at radius 2 is 1.69 bits per heavy atom. The highest BCUT2D eigenvalue weighted by Crippen LogP contribution is 2.20. The van der Waals surface area contributed by atoms with E-state index in [1.54, 1.807) is 14.2 Å². The molecule has 1 aliphatic heterocycles. The SMILES string of the molecule is COc1ccc(N2CCN(CCC(=O)NCCc3cccc(OC)c3)CC2)cc1. The summed E-state index contributed by atoms with van der Waals surface area (Å²) in [6.45, 7) is 5.36. The monoisotopic (exact) mass is 397 g/mol. The van der Waals surface area contributed by atoms with E-state index in [1.165, 1.54) is 11.3 Å². The van der Waals surface area contributed by atoms with E-state index in [2.05, 4.69) is 33.3 Å². The number of carbonyl (C=O) groups is 1. The molecule has 0 radical (unpaired) electrons. The maximum Gasteiger partial charge on any atom is 0.221 e. The number of amides is 1. The van der Waals surface area contributed by atoms with Gasteiger partial charge in [0.25, 0.3) is 0 Å². The minimum absolute atomic E-state index is 0.116. The summed E-state index contributed by atoms with van der Waals surface area (Å²) in [4.78, 5) is 16.9. The first kappa shape index (κ1) is 21.0. The minimum atomic E-state index is 0.116. The fraction of sp³-hybridized carbons (Fsp3) is 0.435. The van der Waals surface area contributed by atoms with Gasteiger partial charge in [-0.05, 0) is 48.4 Å². The molecule has 0 aromatic heterocycles. The molecule has 1 aliphatic rings. The number of piperazine rings is 1. The van der Waals surface area contributed by atoms with Crippen molar-refractivity contribution in [3.05, 3.63) is 54.1 Å². The van der Waals surface area contributed by atoms with Gasteiger partial charge in [-0.15, -0.1) is 0 Å². The van der Waals surface area contributed by atoms with Crippen LogP contribution in [0.5, 0.6) is 11.5 Å². The Morgan fingerprint density at radius 3 is 2.38 bits per heavy atom.